The Morgan fingerprint density at radius 1 is 1.44 bits per heavy atom. The van der Waals surface area contributed by atoms with E-state index in [1.807, 2.05) is 12.1 Å². The number of ether oxygens (including phenoxy) is 1. The van der Waals surface area contributed by atoms with Gasteiger partial charge in [-0.15, -0.1) is 0 Å². The Balaban J connectivity index is 2.00. The second kappa shape index (κ2) is 4.78. The van der Waals surface area contributed by atoms with Crippen LogP contribution in [0.5, 0.6) is 0 Å². The van der Waals surface area contributed by atoms with Crippen LogP contribution in [-0.2, 0) is 11.3 Å². The van der Waals surface area contributed by atoms with Crippen molar-refractivity contribution in [1.29, 1.82) is 0 Å². The number of hydrogen-bond acceptors (Lipinski definition) is 2. The van der Waals surface area contributed by atoms with E-state index in [0.717, 1.165) is 36.9 Å². The fraction of sp³-hybridized carbons (Fsp3) is 0.462. The molecule has 1 aliphatic heterocycles. The van der Waals surface area contributed by atoms with Crippen LogP contribution < -0.4 is 5.69 Å². The number of benzene rings is 1. The van der Waals surface area contributed by atoms with Gasteiger partial charge in [0, 0.05) is 6.61 Å². The third kappa shape index (κ3) is 2.06. The molecule has 3 rings (SSSR count). The summed E-state index contributed by atoms with van der Waals surface area (Å²) in [6.07, 6.45) is 3.39. The summed E-state index contributed by atoms with van der Waals surface area (Å²) >= 11 is 6.17. The molecule has 4 nitrogen and oxygen atoms in total. The Hall–Kier alpha value is -1.26. The van der Waals surface area contributed by atoms with Crippen molar-refractivity contribution in [2.24, 2.45) is 0 Å². The molecule has 18 heavy (non-hydrogen) atoms. The van der Waals surface area contributed by atoms with Gasteiger partial charge in [-0.1, -0.05) is 17.7 Å². The van der Waals surface area contributed by atoms with Crippen LogP contribution in [0, 0.1) is 0 Å². The van der Waals surface area contributed by atoms with Crippen molar-refractivity contribution in [3.8, 4) is 0 Å². The van der Waals surface area contributed by atoms with Crippen LogP contribution in [0.4, 0.5) is 0 Å². The van der Waals surface area contributed by atoms with Crippen LogP contribution >= 0.6 is 11.6 Å². The Kier molecular flexibility index (Phi) is 3.14. The summed E-state index contributed by atoms with van der Waals surface area (Å²) in [6, 6.07) is 5.50. The van der Waals surface area contributed by atoms with Gasteiger partial charge in [0.1, 0.15) is 0 Å². The van der Waals surface area contributed by atoms with Gasteiger partial charge in [0.05, 0.1) is 28.7 Å². The summed E-state index contributed by atoms with van der Waals surface area (Å²) in [6.45, 7) is 1.36. The SMILES string of the molecule is O=c1[nH]c2cccc(Cl)c2n1CC1CCCCO1. The molecule has 2 heterocycles. The van der Waals surface area contributed by atoms with Crippen molar-refractivity contribution in [2.75, 3.05) is 6.61 Å². The maximum Gasteiger partial charge on any atom is 0.326 e. The molecule has 0 spiro atoms. The summed E-state index contributed by atoms with van der Waals surface area (Å²) in [5.41, 5.74) is 1.44. The number of hydrogen-bond donors (Lipinski definition) is 1. The highest BCUT2D eigenvalue weighted by atomic mass is 35.5. The van der Waals surface area contributed by atoms with Gasteiger partial charge in [0.25, 0.3) is 0 Å². The molecule has 0 amide bonds. The van der Waals surface area contributed by atoms with Gasteiger partial charge in [0.2, 0.25) is 0 Å². The minimum atomic E-state index is -0.118. The maximum absolute atomic E-state index is 12.0. The summed E-state index contributed by atoms with van der Waals surface area (Å²) in [4.78, 5) is 14.8. The lowest BCUT2D eigenvalue weighted by atomic mass is 10.1. The topological polar surface area (TPSA) is 47.0 Å². The van der Waals surface area contributed by atoms with E-state index in [4.69, 9.17) is 16.3 Å². The summed E-state index contributed by atoms with van der Waals surface area (Å²) in [7, 11) is 0. The van der Waals surface area contributed by atoms with Gasteiger partial charge in [-0.3, -0.25) is 4.57 Å². The number of imidazole rings is 1. The largest absolute Gasteiger partial charge is 0.376 e. The molecule has 96 valence electrons. The Labute approximate surface area is 110 Å². The van der Waals surface area contributed by atoms with Crippen LogP contribution in [0.3, 0.4) is 0 Å². The average molecular weight is 267 g/mol. The normalized spacial score (nSPS) is 20.4. The van der Waals surface area contributed by atoms with E-state index in [1.54, 1.807) is 10.6 Å². The van der Waals surface area contributed by atoms with Gasteiger partial charge >= 0.3 is 5.69 Å². The highest BCUT2D eigenvalue weighted by molar-refractivity contribution is 6.34. The van der Waals surface area contributed by atoms with Crippen LogP contribution in [0.25, 0.3) is 11.0 Å². The standard InChI is InChI=1S/C13H15ClN2O2/c14-10-5-3-6-11-12(10)16(13(17)15-11)8-9-4-1-2-7-18-9/h3,5-6,9H,1-2,4,7-8H2,(H,15,17). The molecular formula is C13H15ClN2O2. The van der Waals surface area contributed by atoms with E-state index < -0.39 is 0 Å². The molecule has 1 fully saturated rings. The molecule has 1 aromatic heterocycles. The molecular weight excluding hydrogens is 252 g/mol. The molecule has 1 atom stereocenters. The molecule has 1 aromatic carbocycles. The third-order valence-corrected chi connectivity index (χ3v) is 3.71. The lowest BCUT2D eigenvalue weighted by Gasteiger charge is -2.22. The first-order valence-corrected chi connectivity index (χ1v) is 6.62. The number of fused-ring (bicyclic) bond motifs is 1. The minimum Gasteiger partial charge on any atom is -0.376 e. The molecule has 1 N–H and O–H groups in total. The first-order chi connectivity index (χ1) is 8.75. The van der Waals surface area contributed by atoms with E-state index in [2.05, 4.69) is 4.98 Å². The Morgan fingerprint density at radius 2 is 2.33 bits per heavy atom. The molecule has 1 unspecified atom stereocenters. The molecule has 0 saturated carbocycles. The second-order valence-corrected chi connectivity index (χ2v) is 5.07. The van der Waals surface area contributed by atoms with Crippen molar-refractivity contribution >= 4 is 22.6 Å². The lowest BCUT2D eigenvalue weighted by molar-refractivity contribution is 0.00614. The van der Waals surface area contributed by atoms with Crippen LogP contribution in [-0.4, -0.2) is 22.3 Å². The van der Waals surface area contributed by atoms with Crippen molar-refractivity contribution < 1.29 is 4.74 Å². The number of para-hydroxylation sites is 1. The zero-order valence-electron chi connectivity index (χ0n) is 9.99. The van der Waals surface area contributed by atoms with E-state index in [0.29, 0.717) is 11.6 Å². The van der Waals surface area contributed by atoms with Gasteiger partial charge in [-0.25, -0.2) is 4.79 Å². The predicted octanol–water partition coefficient (Wildman–Crippen LogP) is 2.55. The highest BCUT2D eigenvalue weighted by Gasteiger charge is 2.18. The molecule has 1 saturated heterocycles. The fourth-order valence-electron chi connectivity index (χ4n) is 2.50. The minimum absolute atomic E-state index is 0.117. The molecule has 0 aliphatic carbocycles. The number of H-pyrrole nitrogens is 1. The van der Waals surface area contributed by atoms with E-state index in [9.17, 15) is 4.79 Å². The summed E-state index contributed by atoms with van der Waals surface area (Å²) in [5.74, 6) is 0. The zero-order valence-corrected chi connectivity index (χ0v) is 10.7. The lowest BCUT2D eigenvalue weighted by Crippen LogP contribution is -2.29. The van der Waals surface area contributed by atoms with Crippen LogP contribution in [0.1, 0.15) is 19.3 Å². The smallest absolute Gasteiger partial charge is 0.326 e. The first-order valence-electron chi connectivity index (χ1n) is 6.24. The predicted molar refractivity (Wildman–Crippen MR) is 71.2 cm³/mol. The number of rotatable bonds is 2. The van der Waals surface area contributed by atoms with Crippen molar-refractivity contribution in [3.63, 3.8) is 0 Å². The van der Waals surface area contributed by atoms with Crippen LogP contribution in [0.2, 0.25) is 5.02 Å². The van der Waals surface area contributed by atoms with E-state index >= 15 is 0 Å². The molecule has 0 bridgehead atoms. The first kappa shape index (κ1) is 11.8. The Bertz CT molecular complexity index is 611. The molecule has 1 aliphatic rings. The number of aromatic amines is 1. The van der Waals surface area contributed by atoms with Gasteiger partial charge < -0.3 is 9.72 Å². The molecule has 5 heteroatoms. The second-order valence-electron chi connectivity index (χ2n) is 4.67. The highest BCUT2D eigenvalue weighted by Crippen LogP contribution is 2.22. The van der Waals surface area contributed by atoms with Gasteiger partial charge in [-0.2, -0.15) is 0 Å². The van der Waals surface area contributed by atoms with Crippen molar-refractivity contribution in [2.45, 2.75) is 31.9 Å². The fourth-order valence-corrected chi connectivity index (χ4v) is 2.78. The van der Waals surface area contributed by atoms with Crippen molar-refractivity contribution in [1.82, 2.24) is 9.55 Å². The summed E-state index contributed by atoms with van der Waals surface area (Å²) in [5, 5.41) is 0.599. The monoisotopic (exact) mass is 266 g/mol. The number of aromatic nitrogens is 2. The van der Waals surface area contributed by atoms with Gasteiger partial charge in [-0.05, 0) is 31.4 Å². The molecule has 2 aromatic rings. The van der Waals surface area contributed by atoms with E-state index in [1.165, 1.54) is 0 Å². The maximum atomic E-state index is 12.0. The zero-order chi connectivity index (χ0) is 12.5. The van der Waals surface area contributed by atoms with Crippen molar-refractivity contribution in [3.05, 3.63) is 33.7 Å². The molecule has 0 radical (unpaired) electrons. The third-order valence-electron chi connectivity index (χ3n) is 3.40. The number of nitrogens with zero attached hydrogens (tertiary/aromatic N) is 1. The Morgan fingerprint density at radius 3 is 3.11 bits per heavy atom. The summed E-state index contributed by atoms with van der Waals surface area (Å²) < 4.78 is 7.37. The van der Waals surface area contributed by atoms with Gasteiger partial charge in [0.15, 0.2) is 0 Å². The van der Waals surface area contributed by atoms with E-state index in [-0.39, 0.29) is 11.8 Å². The number of nitrogens with one attached hydrogen (secondary N) is 1. The quantitative estimate of drug-likeness (QED) is 0.908. The number of halogens is 1. The average Bonchev–Trinajstić information content (AvgIpc) is 2.69. The van der Waals surface area contributed by atoms with Crippen LogP contribution in [0.15, 0.2) is 23.0 Å².